The number of carbonyl (C=O) groups excluding carboxylic acids is 1. The summed E-state index contributed by atoms with van der Waals surface area (Å²) in [5.74, 6) is -0.264. The molecule has 1 amide bonds. The first-order valence-electron chi connectivity index (χ1n) is 12.1. The predicted octanol–water partition coefficient (Wildman–Crippen LogP) is 7.10. The molecule has 6 heteroatoms. The Morgan fingerprint density at radius 2 is 0.931 bits per heavy atom. The molecule has 0 fully saturated rings. The van der Waals surface area contributed by atoms with Gasteiger partial charge in [-0.05, 0) is 12.8 Å². The average molecular weight is 447 g/mol. The van der Waals surface area contributed by atoms with Gasteiger partial charge in [-0.15, -0.1) is 12.6 Å². The molecule has 0 rings (SSSR count). The van der Waals surface area contributed by atoms with Crippen molar-refractivity contribution in [3.05, 3.63) is 0 Å². The first kappa shape index (κ1) is 28.7. The van der Waals surface area contributed by atoms with Crippen molar-refractivity contribution in [1.29, 1.82) is 0 Å². The van der Waals surface area contributed by atoms with Gasteiger partial charge in [-0.25, -0.2) is 5.48 Å². The van der Waals surface area contributed by atoms with E-state index in [2.05, 4.69) is 17.9 Å². The first-order chi connectivity index (χ1) is 14.2. The Kier molecular flexibility index (Phi) is 23.7. The minimum Gasteiger partial charge on any atom is -0.371 e. The summed E-state index contributed by atoms with van der Waals surface area (Å²) in [7, 11) is 0. The van der Waals surface area contributed by atoms with Crippen molar-refractivity contribution in [3.63, 3.8) is 0 Å². The number of thiocarbonyl (C=S) groups is 1. The predicted molar refractivity (Wildman–Crippen MR) is 132 cm³/mol. The van der Waals surface area contributed by atoms with E-state index in [0.29, 0.717) is 10.7 Å². The van der Waals surface area contributed by atoms with E-state index in [1.165, 1.54) is 109 Å². The number of nitrogens with one attached hydrogen (secondary N) is 2. The minimum absolute atomic E-state index is 0.264. The Hall–Kier alpha value is -0.330. The lowest BCUT2D eigenvalue weighted by Gasteiger charge is -2.04. The van der Waals surface area contributed by atoms with Crippen LogP contribution >= 0.6 is 24.8 Å². The minimum atomic E-state index is -0.264. The van der Waals surface area contributed by atoms with Gasteiger partial charge < -0.3 is 5.32 Å². The standard InChI is InChI=1S/C23H46N2O2S2/c26-22(25-27)20-18-16-14-12-10-8-6-4-2-1-3-5-7-9-11-13-15-17-19-21-24-23(28)29/h27H,1-21H2,(H,25,26)(H2,24,28,29). The first-order valence-corrected chi connectivity index (χ1v) is 12.9. The van der Waals surface area contributed by atoms with Crippen LogP contribution < -0.4 is 10.8 Å². The van der Waals surface area contributed by atoms with Gasteiger partial charge in [-0.2, -0.15) is 0 Å². The van der Waals surface area contributed by atoms with Crippen molar-refractivity contribution < 1.29 is 10.0 Å². The molecule has 0 aromatic carbocycles. The highest BCUT2D eigenvalue weighted by atomic mass is 32.1. The number of amides is 1. The molecular weight excluding hydrogens is 400 g/mol. The number of hydrogen-bond acceptors (Lipinski definition) is 3. The van der Waals surface area contributed by atoms with Crippen molar-refractivity contribution in [2.75, 3.05) is 6.54 Å². The molecule has 3 N–H and O–H groups in total. The Morgan fingerprint density at radius 1 is 0.621 bits per heavy atom. The molecule has 0 saturated carbocycles. The van der Waals surface area contributed by atoms with Gasteiger partial charge in [0.05, 0.1) is 0 Å². The third-order valence-corrected chi connectivity index (χ3v) is 5.78. The Morgan fingerprint density at radius 3 is 1.24 bits per heavy atom. The second kappa shape index (κ2) is 23.9. The summed E-state index contributed by atoms with van der Waals surface area (Å²) in [6.07, 6.45) is 25.4. The lowest BCUT2D eigenvalue weighted by atomic mass is 10.0. The summed E-state index contributed by atoms with van der Waals surface area (Å²) in [6, 6.07) is 0. The molecule has 4 nitrogen and oxygen atoms in total. The van der Waals surface area contributed by atoms with Crippen LogP contribution in [-0.2, 0) is 4.79 Å². The molecular formula is C23H46N2O2S2. The van der Waals surface area contributed by atoms with Crippen LogP contribution in [0, 0.1) is 0 Å². The molecule has 0 atom stereocenters. The number of rotatable bonds is 22. The third-order valence-electron chi connectivity index (χ3n) is 5.48. The van der Waals surface area contributed by atoms with Gasteiger partial charge in [0.25, 0.3) is 0 Å². The van der Waals surface area contributed by atoms with Gasteiger partial charge in [0.1, 0.15) is 4.32 Å². The second-order valence-electron chi connectivity index (χ2n) is 8.23. The number of thiol groups is 1. The van der Waals surface area contributed by atoms with Crippen LogP contribution in [0.1, 0.15) is 128 Å². The molecule has 0 heterocycles. The van der Waals surface area contributed by atoms with E-state index in [0.717, 1.165) is 19.4 Å². The largest absolute Gasteiger partial charge is 0.371 e. The molecule has 0 spiro atoms. The maximum absolute atomic E-state index is 10.9. The van der Waals surface area contributed by atoms with E-state index in [-0.39, 0.29) is 5.91 Å². The molecule has 0 aromatic rings. The van der Waals surface area contributed by atoms with Crippen LogP contribution in [0.5, 0.6) is 0 Å². The highest BCUT2D eigenvalue weighted by Gasteiger charge is 1.98. The Labute approximate surface area is 190 Å². The highest BCUT2D eigenvalue weighted by molar-refractivity contribution is 8.11. The molecule has 0 aliphatic rings. The van der Waals surface area contributed by atoms with Gasteiger partial charge in [0.2, 0.25) is 5.91 Å². The van der Waals surface area contributed by atoms with Crippen LogP contribution in [-0.4, -0.2) is 22.0 Å². The van der Waals surface area contributed by atoms with Gasteiger partial charge in [0, 0.05) is 13.0 Å². The summed E-state index contributed by atoms with van der Waals surface area (Å²) in [4.78, 5) is 10.9. The van der Waals surface area contributed by atoms with Crippen LogP contribution in [0.2, 0.25) is 0 Å². The van der Waals surface area contributed by atoms with E-state index < -0.39 is 0 Å². The lowest BCUT2D eigenvalue weighted by molar-refractivity contribution is -0.129. The van der Waals surface area contributed by atoms with Gasteiger partial charge in [0.15, 0.2) is 0 Å². The highest BCUT2D eigenvalue weighted by Crippen LogP contribution is 2.14. The third kappa shape index (κ3) is 25.6. The van der Waals surface area contributed by atoms with Crippen molar-refractivity contribution in [2.24, 2.45) is 0 Å². The van der Waals surface area contributed by atoms with E-state index in [1.807, 2.05) is 0 Å². The quantitative estimate of drug-likeness (QED) is 0.0471. The van der Waals surface area contributed by atoms with Crippen molar-refractivity contribution in [2.45, 2.75) is 128 Å². The van der Waals surface area contributed by atoms with Gasteiger partial charge >= 0.3 is 0 Å². The molecule has 0 radical (unpaired) electrons. The number of unbranched alkanes of at least 4 members (excludes halogenated alkanes) is 18. The fraction of sp³-hybridized carbons (Fsp3) is 0.913. The van der Waals surface area contributed by atoms with Crippen LogP contribution in [0.25, 0.3) is 0 Å². The monoisotopic (exact) mass is 446 g/mol. The molecule has 0 aliphatic heterocycles. The SMILES string of the molecule is O=C(CCCCCCCCCCCCCCCCCCCCCNC(=S)S)NO. The summed E-state index contributed by atoms with van der Waals surface area (Å²) in [5, 5.41) is 11.5. The van der Waals surface area contributed by atoms with E-state index >= 15 is 0 Å². The lowest BCUT2D eigenvalue weighted by Crippen LogP contribution is -2.17. The maximum atomic E-state index is 10.9. The van der Waals surface area contributed by atoms with E-state index in [1.54, 1.807) is 5.48 Å². The van der Waals surface area contributed by atoms with Gasteiger partial charge in [-0.3, -0.25) is 10.0 Å². The zero-order valence-corrected chi connectivity index (χ0v) is 20.3. The fourth-order valence-corrected chi connectivity index (χ4v) is 3.88. The van der Waals surface area contributed by atoms with Crippen LogP contribution in [0.3, 0.4) is 0 Å². The number of hydrogen-bond donors (Lipinski definition) is 4. The Balaban J connectivity index is 3.03. The van der Waals surface area contributed by atoms with Gasteiger partial charge in [-0.1, -0.05) is 121 Å². The molecule has 0 aliphatic carbocycles. The normalized spacial score (nSPS) is 10.8. The molecule has 0 aromatic heterocycles. The molecule has 29 heavy (non-hydrogen) atoms. The van der Waals surface area contributed by atoms with E-state index in [9.17, 15) is 4.79 Å². The molecule has 0 saturated heterocycles. The smallest absolute Gasteiger partial charge is 0.243 e. The van der Waals surface area contributed by atoms with Crippen molar-refractivity contribution in [3.8, 4) is 0 Å². The molecule has 0 bridgehead atoms. The zero-order chi connectivity index (χ0) is 21.4. The summed E-state index contributed by atoms with van der Waals surface area (Å²) < 4.78 is 0.612. The number of hydroxylamine groups is 1. The maximum Gasteiger partial charge on any atom is 0.243 e. The fourth-order valence-electron chi connectivity index (χ4n) is 3.67. The summed E-state index contributed by atoms with van der Waals surface area (Å²) in [6.45, 7) is 0.968. The van der Waals surface area contributed by atoms with E-state index in [4.69, 9.17) is 17.4 Å². The summed E-state index contributed by atoms with van der Waals surface area (Å²) in [5.41, 5.74) is 1.68. The molecule has 172 valence electrons. The summed E-state index contributed by atoms with van der Waals surface area (Å²) >= 11 is 8.92. The topological polar surface area (TPSA) is 61.4 Å². The zero-order valence-electron chi connectivity index (χ0n) is 18.6. The van der Waals surface area contributed by atoms with Crippen molar-refractivity contribution in [1.82, 2.24) is 10.8 Å². The average Bonchev–Trinajstić information content (AvgIpc) is 2.71. The Bertz CT molecular complexity index is 382. The number of carbonyl (C=O) groups is 1. The molecule has 0 unspecified atom stereocenters. The second-order valence-corrected chi connectivity index (χ2v) is 9.39. The van der Waals surface area contributed by atoms with Crippen molar-refractivity contribution >= 4 is 35.1 Å². The van der Waals surface area contributed by atoms with Crippen LogP contribution in [0.4, 0.5) is 0 Å². The van der Waals surface area contributed by atoms with Crippen LogP contribution in [0.15, 0.2) is 0 Å².